The summed E-state index contributed by atoms with van der Waals surface area (Å²) < 4.78 is 5.50. The molecule has 0 saturated carbocycles. The molecule has 3 rings (SSSR count). The number of benzene rings is 1. The van der Waals surface area contributed by atoms with Crippen molar-refractivity contribution in [3.63, 3.8) is 0 Å². The minimum atomic E-state index is -0.841. The van der Waals surface area contributed by atoms with Crippen LogP contribution in [0, 0.1) is 29.6 Å². The van der Waals surface area contributed by atoms with Crippen LogP contribution in [-0.4, -0.2) is 21.8 Å². The lowest BCUT2D eigenvalue weighted by atomic mass is 9.96. The van der Waals surface area contributed by atoms with Gasteiger partial charge in [0.05, 0.1) is 16.6 Å². The Morgan fingerprint density at radius 1 is 1.28 bits per heavy atom. The van der Waals surface area contributed by atoms with Gasteiger partial charge in [-0.05, 0) is 12.5 Å². The maximum atomic E-state index is 12.4. The Kier molecular flexibility index (Phi) is 5.48. The van der Waals surface area contributed by atoms with Gasteiger partial charge in [-0.3, -0.25) is 4.79 Å². The molecule has 0 spiro atoms. The van der Waals surface area contributed by atoms with Gasteiger partial charge in [0.1, 0.15) is 28.5 Å². The van der Waals surface area contributed by atoms with E-state index in [0.29, 0.717) is 11.1 Å². The number of aromatic nitrogens is 3. The van der Waals surface area contributed by atoms with Gasteiger partial charge < -0.3 is 15.4 Å². The van der Waals surface area contributed by atoms with Gasteiger partial charge in [-0.25, -0.2) is 4.98 Å². The van der Waals surface area contributed by atoms with E-state index >= 15 is 0 Å². The lowest BCUT2D eigenvalue weighted by Crippen LogP contribution is -2.37. The summed E-state index contributed by atoms with van der Waals surface area (Å²) in [5.74, 6) is -1.61. The Bertz CT molecular complexity index is 1170. The first-order valence-electron chi connectivity index (χ1n) is 8.27. The number of hydrogen-bond donors (Lipinski definition) is 1. The first kappa shape index (κ1) is 19.9. The SMILES string of the molecule is Cc1ccc(-c2c(C#N)c(N)nc(SCC(=O)c3c([O-])on[n+]3C)c2C#N)cc1. The molecule has 10 heteroatoms. The van der Waals surface area contributed by atoms with E-state index in [1.807, 2.05) is 25.1 Å². The summed E-state index contributed by atoms with van der Waals surface area (Å²) >= 11 is 0.946. The van der Waals surface area contributed by atoms with Crippen molar-refractivity contribution in [2.24, 2.45) is 7.05 Å². The fourth-order valence-electron chi connectivity index (χ4n) is 2.72. The standard InChI is InChI=1S/C19H14N6O3S/c1-10-3-5-11(6-4-10)15-12(7-20)17(22)23-18(13(15)8-21)29-9-14(26)16-19(27)28-24-25(16)2/h3-6H,9H2,1-2H3,(H2-,22,23,24,26,27). The number of carbonyl (C=O) groups is 1. The summed E-state index contributed by atoms with van der Waals surface area (Å²) in [5.41, 5.74) is 7.98. The van der Waals surface area contributed by atoms with Crippen molar-refractivity contribution in [2.75, 3.05) is 11.5 Å². The second-order valence-corrected chi connectivity index (χ2v) is 7.03. The van der Waals surface area contributed by atoms with E-state index in [2.05, 4.69) is 20.8 Å². The van der Waals surface area contributed by atoms with Crippen LogP contribution in [0.2, 0.25) is 0 Å². The highest BCUT2D eigenvalue weighted by atomic mass is 32.2. The van der Waals surface area contributed by atoms with Crippen LogP contribution >= 0.6 is 11.8 Å². The number of carbonyl (C=O) groups excluding carboxylic acids is 1. The highest BCUT2D eigenvalue weighted by molar-refractivity contribution is 8.00. The number of aryl methyl sites for hydroxylation is 2. The van der Waals surface area contributed by atoms with Gasteiger partial charge in [0.25, 0.3) is 5.69 Å². The summed E-state index contributed by atoms with van der Waals surface area (Å²) in [6.45, 7) is 1.92. The van der Waals surface area contributed by atoms with E-state index in [1.165, 1.54) is 7.05 Å². The first-order chi connectivity index (χ1) is 13.9. The number of Topliss-reactive ketones (excluding diaryl/α,β-unsaturated/α-hetero) is 1. The van der Waals surface area contributed by atoms with Gasteiger partial charge in [-0.15, -0.1) is 0 Å². The van der Waals surface area contributed by atoms with Crippen LogP contribution in [-0.2, 0) is 7.05 Å². The molecule has 2 heterocycles. The maximum Gasteiger partial charge on any atom is 0.300 e. The molecule has 0 fully saturated rings. The number of hydrogen-bond acceptors (Lipinski definition) is 9. The number of nitrogens with two attached hydrogens (primary N) is 1. The molecule has 144 valence electrons. The molecular formula is C19H14N6O3S. The number of anilines is 1. The van der Waals surface area contributed by atoms with Gasteiger partial charge >= 0.3 is 0 Å². The molecule has 1 aromatic carbocycles. The van der Waals surface area contributed by atoms with E-state index in [9.17, 15) is 20.4 Å². The predicted octanol–water partition coefficient (Wildman–Crippen LogP) is 1.24. The van der Waals surface area contributed by atoms with Crippen molar-refractivity contribution in [1.29, 1.82) is 10.5 Å². The molecule has 0 aliphatic heterocycles. The quantitative estimate of drug-likeness (QED) is 0.374. The Morgan fingerprint density at radius 2 is 1.93 bits per heavy atom. The van der Waals surface area contributed by atoms with Crippen molar-refractivity contribution < 1.29 is 19.1 Å². The van der Waals surface area contributed by atoms with Gasteiger partial charge in [-0.1, -0.05) is 46.3 Å². The zero-order chi connectivity index (χ0) is 21.1. The van der Waals surface area contributed by atoms with E-state index in [0.717, 1.165) is 22.0 Å². The maximum absolute atomic E-state index is 12.4. The summed E-state index contributed by atoms with van der Waals surface area (Å²) in [4.78, 5) is 16.5. The monoisotopic (exact) mass is 406 g/mol. The third-order valence-corrected chi connectivity index (χ3v) is 5.10. The molecule has 0 aliphatic carbocycles. The van der Waals surface area contributed by atoms with Crippen molar-refractivity contribution >= 4 is 23.4 Å². The van der Waals surface area contributed by atoms with Crippen molar-refractivity contribution in [3.8, 4) is 29.2 Å². The minimum absolute atomic E-state index is 0.0444. The van der Waals surface area contributed by atoms with E-state index in [1.54, 1.807) is 12.1 Å². The Balaban J connectivity index is 2.04. The first-order valence-corrected chi connectivity index (χ1v) is 9.25. The van der Waals surface area contributed by atoms with E-state index in [-0.39, 0.29) is 33.4 Å². The summed E-state index contributed by atoms with van der Waals surface area (Å²) in [5, 5.41) is 34.5. The fraction of sp³-hybridized carbons (Fsp3) is 0.158. The molecule has 0 atom stereocenters. The fourth-order valence-corrected chi connectivity index (χ4v) is 3.58. The summed E-state index contributed by atoms with van der Waals surface area (Å²) in [6, 6.07) is 11.3. The van der Waals surface area contributed by atoms with Gasteiger partial charge in [0, 0.05) is 5.56 Å². The second-order valence-electron chi connectivity index (χ2n) is 6.06. The summed E-state index contributed by atoms with van der Waals surface area (Å²) in [7, 11) is 1.41. The topological polar surface area (TPSA) is 157 Å². The normalized spacial score (nSPS) is 10.3. The molecule has 29 heavy (non-hydrogen) atoms. The molecular weight excluding hydrogens is 392 g/mol. The molecule has 9 nitrogen and oxygen atoms in total. The largest absolute Gasteiger partial charge is 0.539 e. The predicted molar refractivity (Wildman–Crippen MR) is 100 cm³/mol. The molecule has 0 bridgehead atoms. The molecule has 0 aliphatic rings. The average Bonchev–Trinajstić information content (AvgIpc) is 3.04. The van der Waals surface area contributed by atoms with Gasteiger partial charge in [0.15, 0.2) is 13.0 Å². The molecule has 0 unspecified atom stereocenters. The number of pyridine rings is 1. The molecule has 0 saturated heterocycles. The van der Waals surface area contributed by atoms with Crippen LogP contribution in [0.15, 0.2) is 33.8 Å². The number of nitrogens with zero attached hydrogens (tertiary/aromatic N) is 5. The number of rotatable bonds is 5. The Hall–Kier alpha value is -3.89. The summed E-state index contributed by atoms with van der Waals surface area (Å²) in [6.07, 6.45) is 0. The second kappa shape index (κ2) is 8.00. The lowest BCUT2D eigenvalue weighted by Gasteiger charge is -2.12. The zero-order valence-corrected chi connectivity index (χ0v) is 16.3. The number of nitrogen functional groups attached to an aromatic ring is 1. The zero-order valence-electron chi connectivity index (χ0n) is 15.5. The lowest BCUT2D eigenvalue weighted by molar-refractivity contribution is -0.741. The van der Waals surface area contributed by atoms with Crippen molar-refractivity contribution in [3.05, 3.63) is 46.6 Å². The van der Waals surface area contributed by atoms with Crippen molar-refractivity contribution in [1.82, 2.24) is 10.3 Å². The molecule has 0 amide bonds. The van der Waals surface area contributed by atoms with Crippen LogP contribution in [0.1, 0.15) is 27.2 Å². The highest BCUT2D eigenvalue weighted by Crippen LogP contribution is 2.35. The highest BCUT2D eigenvalue weighted by Gasteiger charge is 2.25. The molecule has 2 aromatic heterocycles. The smallest absolute Gasteiger partial charge is 0.300 e. The Morgan fingerprint density at radius 3 is 2.48 bits per heavy atom. The average molecular weight is 406 g/mol. The van der Waals surface area contributed by atoms with E-state index in [4.69, 9.17) is 5.73 Å². The van der Waals surface area contributed by atoms with Crippen LogP contribution in [0.25, 0.3) is 11.1 Å². The van der Waals surface area contributed by atoms with Crippen molar-refractivity contribution in [2.45, 2.75) is 11.9 Å². The Labute approximate surface area is 170 Å². The molecule has 2 N–H and O–H groups in total. The van der Waals surface area contributed by atoms with Crippen LogP contribution in [0.4, 0.5) is 5.82 Å². The molecule has 0 radical (unpaired) electrons. The minimum Gasteiger partial charge on any atom is -0.539 e. The molecule has 3 aromatic rings. The van der Waals surface area contributed by atoms with Gasteiger partial charge in [0.2, 0.25) is 5.78 Å². The third kappa shape index (κ3) is 3.74. The van der Waals surface area contributed by atoms with E-state index < -0.39 is 11.7 Å². The van der Waals surface area contributed by atoms with Gasteiger partial charge in [-0.2, -0.15) is 10.5 Å². The number of ketones is 1. The third-order valence-electron chi connectivity index (χ3n) is 4.12. The van der Waals surface area contributed by atoms with Crippen LogP contribution in [0.3, 0.4) is 0 Å². The number of thioether (sulfide) groups is 1. The van der Waals surface area contributed by atoms with Crippen LogP contribution < -0.4 is 15.5 Å². The van der Waals surface area contributed by atoms with Crippen LogP contribution in [0.5, 0.6) is 5.95 Å². The number of nitriles is 2.